The van der Waals surface area contributed by atoms with E-state index < -0.39 is 6.61 Å². The molecule has 0 radical (unpaired) electrons. The molecule has 0 saturated carbocycles. The summed E-state index contributed by atoms with van der Waals surface area (Å²) in [6.45, 7) is -1.42. The molecule has 68 valence electrons. The van der Waals surface area contributed by atoms with Crippen LogP contribution in [0.25, 0.3) is 0 Å². The van der Waals surface area contributed by atoms with Crippen LogP contribution < -0.4 is 0 Å². The third kappa shape index (κ3) is 5.73. The number of rotatable bonds is 0. The van der Waals surface area contributed by atoms with Gasteiger partial charge in [-0.25, -0.2) is 4.39 Å². The molecule has 1 nitrogen and oxygen atoms in total. The average molecular weight is 178 g/mol. The summed E-state index contributed by atoms with van der Waals surface area (Å²) < 4.78 is 32.1. The average Bonchev–Trinajstić information content (AvgIpc) is 1.94. The van der Waals surface area contributed by atoms with Crippen LogP contribution in [0.15, 0.2) is 24.3 Å². The van der Waals surface area contributed by atoms with Crippen LogP contribution in [0.5, 0.6) is 0 Å². The van der Waals surface area contributed by atoms with Crippen LogP contribution in [0.3, 0.4) is 0 Å². The number of aliphatic hydroxyl groups is 1. The lowest BCUT2D eigenvalue weighted by Crippen LogP contribution is -1.78. The number of hydrogen-bond donors (Lipinski definition) is 1. The summed E-state index contributed by atoms with van der Waals surface area (Å²) in [7, 11) is 0. The van der Waals surface area contributed by atoms with Crippen molar-refractivity contribution in [1.29, 1.82) is 0 Å². The van der Waals surface area contributed by atoms with Gasteiger partial charge in [0.05, 0.1) is 0 Å². The van der Waals surface area contributed by atoms with Gasteiger partial charge in [-0.05, 0) is 18.6 Å². The summed E-state index contributed by atoms with van der Waals surface area (Å²) in [5.41, 5.74) is 0.701. The molecule has 0 fully saturated rings. The van der Waals surface area contributed by atoms with Crippen molar-refractivity contribution >= 4 is 0 Å². The first-order valence-electron chi connectivity index (χ1n) is 3.21. The van der Waals surface area contributed by atoms with E-state index >= 15 is 0 Å². The lowest BCUT2D eigenvalue weighted by atomic mass is 10.2. The van der Waals surface area contributed by atoms with Gasteiger partial charge in [-0.1, -0.05) is 18.2 Å². The van der Waals surface area contributed by atoms with Crippen LogP contribution in [-0.2, 0) is 0 Å². The Hall–Kier alpha value is -1.03. The molecule has 0 saturated heterocycles. The molecular weight excluding hydrogens is 169 g/mol. The van der Waals surface area contributed by atoms with Crippen molar-refractivity contribution in [3.05, 3.63) is 35.6 Å². The van der Waals surface area contributed by atoms with E-state index in [1.165, 1.54) is 6.07 Å². The zero-order valence-electron chi connectivity index (χ0n) is 6.47. The zero-order valence-corrected chi connectivity index (χ0v) is 6.47. The maximum Gasteiger partial charge on any atom is 0.342 e. The van der Waals surface area contributed by atoms with Gasteiger partial charge in [0.15, 0.2) is 0 Å². The summed E-state index contributed by atoms with van der Waals surface area (Å²) in [6, 6.07) is 6.70. The lowest BCUT2D eigenvalue weighted by Gasteiger charge is -1.89. The molecule has 0 amide bonds. The molecule has 12 heavy (non-hydrogen) atoms. The van der Waals surface area contributed by atoms with Crippen molar-refractivity contribution in [3.63, 3.8) is 0 Å². The molecule has 0 spiro atoms. The molecule has 0 aliphatic carbocycles. The van der Waals surface area contributed by atoms with Crippen molar-refractivity contribution in [2.24, 2.45) is 0 Å². The van der Waals surface area contributed by atoms with Gasteiger partial charge < -0.3 is 5.11 Å². The standard InChI is InChI=1S/C7H7F.CH2F2O/c1-6-4-2-3-5-7(6)8;2-1(3)4/h2-5H,1H3;1,4H. The first kappa shape index (κ1) is 11.0. The van der Waals surface area contributed by atoms with Crippen molar-refractivity contribution in [2.45, 2.75) is 13.5 Å². The molecule has 0 aromatic heterocycles. The Morgan fingerprint density at radius 2 is 1.67 bits per heavy atom. The Labute approximate surface area is 68.5 Å². The number of hydrogen-bond acceptors (Lipinski definition) is 1. The number of aliphatic hydroxyl groups excluding tert-OH is 1. The van der Waals surface area contributed by atoms with Gasteiger partial charge in [0, 0.05) is 0 Å². The van der Waals surface area contributed by atoms with Gasteiger partial charge in [-0.3, -0.25) is 0 Å². The van der Waals surface area contributed by atoms with Crippen LogP contribution in [0.2, 0.25) is 0 Å². The second-order valence-electron chi connectivity index (χ2n) is 2.03. The van der Waals surface area contributed by atoms with E-state index in [2.05, 4.69) is 0 Å². The molecule has 1 aromatic carbocycles. The minimum absolute atomic E-state index is 0.132. The van der Waals surface area contributed by atoms with E-state index in [1.807, 2.05) is 6.07 Å². The molecule has 0 aliphatic rings. The quantitative estimate of drug-likeness (QED) is 0.646. The van der Waals surface area contributed by atoms with E-state index in [1.54, 1.807) is 19.1 Å². The van der Waals surface area contributed by atoms with Crippen molar-refractivity contribution in [1.82, 2.24) is 0 Å². The number of aryl methyl sites for hydroxylation is 1. The van der Waals surface area contributed by atoms with Crippen LogP contribution >= 0.6 is 0 Å². The second-order valence-corrected chi connectivity index (χ2v) is 2.03. The summed E-state index contributed by atoms with van der Waals surface area (Å²) >= 11 is 0. The monoisotopic (exact) mass is 178 g/mol. The van der Waals surface area contributed by atoms with Gasteiger partial charge in [0.25, 0.3) is 0 Å². The molecule has 0 heterocycles. The van der Waals surface area contributed by atoms with E-state index in [9.17, 15) is 13.2 Å². The van der Waals surface area contributed by atoms with Crippen molar-refractivity contribution in [3.8, 4) is 0 Å². The van der Waals surface area contributed by atoms with Crippen LogP contribution in [0.4, 0.5) is 13.2 Å². The third-order valence-corrected chi connectivity index (χ3v) is 1.08. The van der Waals surface area contributed by atoms with E-state index in [0.717, 1.165) is 0 Å². The zero-order chi connectivity index (χ0) is 9.56. The Balaban J connectivity index is 0.000000261. The summed E-state index contributed by atoms with van der Waals surface area (Å²) in [5.74, 6) is -0.132. The minimum atomic E-state index is -3.17. The minimum Gasteiger partial charge on any atom is -0.339 e. The maximum atomic E-state index is 12.3. The highest BCUT2D eigenvalue weighted by atomic mass is 19.3. The normalized spacial score (nSPS) is 9.17. The molecule has 4 heteroatoms. The Bertz CT molecular complexity index is 202. The van der Waals surface area contributed by atoms with Crippen LogP contribution in [-0.4, -0.2) is 11.7 Å². The van der Waals surface area contributed by atoms with E-state index in [0.29, 0.717) is 5.56 Å². The highest BCUT2D eigenvalue weighted by Crippen LogP contribution is 2.01. The Morgan fingerprint density at radius 1 is 1.25 bits per heavy atom. The fourth-order valence-corrected chi connectivity index (χ4v) is 0.551. The van der Waals surface area contributed by atoms with Crippen LogP contribution in [0.1, 0.15) is 5.56 Å². The van der Waals surface area contributed by atoms with Gasteiger partial charge in [-0.2, -0.15) is 8.78 Å². The highest BCUT2D eigenvalue weighted by Gasteiger charge is 1.88. The topological polar surface area (TPSA) is 20.2 Å². The van der Waals surface area contributed by atoms with Crippen molar-refractivity contribution < 1.29 is 18.3 Å². The third-order valence-electron chi connectivity index (χ3n) is 1.08. The molecule has 1 aromatic rings. The first-order chi connectivity index (χ1) is 5.54. The smallest absolute Gasteiger partial charge is 0.339 e. The summed E-state index contributed by atoms with van der Waals surface area (Å²) in [4.78, 5) is 0. The molecule has 1 rings (SSSR count). The first-order valence-corrected chi connectivity index (χ1v) is 3.21. The van der Waals surface area contributed by atoms with E-state index in [4.69, 9.17) is 5.11 Å². The molecule has 0 atom stereocenters. The fraction of sp³-hybridized carbons (Fsp3) is 0.250. The lowest BCUT2D eigenvalue weighted by molar-refractivity contribution is -0.0728. The number of benzene rings is 1. The maximum absolute atomic E-state index is 12.3. The molecular formula is C8H9F3O. The van der Waals surface area contributed by atoms with Gasteiger partial charge in [0.1, 0.15) is 5.82 Å². The van der Waals surface area contributed by atoms with Gasteiger partial charge in [-0.15, -0.1) is 0 Å². The SMILES string of the molecule is Cc1ccccc1F.OC(F)F. The molecule has 0 bridgehead atoms. The molecule has 1 N–H and O–H groups in total. The summed E-state index contributed by atoms with van der Waals surface area (Å²) in [5, 5.41) is 6.72. The number of alkyl halides is 2. The van der Waals surface area contributed by atoms with Gasteiger partial charge >= 0.3 is 6.61 Å². The Morgan fingerprint density at radius 3 is 1.92 bits per heavy atom. The highest BCUT2D eigenvalue weighted by molar-refractivity contribution is 5.14. The van der Waals surface area contributed by atoms with Crippen molar-refractivity contribution in [2.75, 3.05) is 0 Å². The number of halogens is 3. The van der Waals surface area contributed by atoms with Gasteiger partial charge in [0.2, 0.25) is 0 Å². The predicted molar refractivity (Wildman–Crippen MR) is 39.4 cm³/mol. The predicted octanol–water partition coefficient (Wildman–Crippen LogP) is 2.34. The van der Waals surface area contributed by atoms with Crippen LogP contribution in [0, 0.1) is 12.7 Å². The van der Waals surface area contributed by atoms with E-state index in [-0.39, 0.29) is 5.82 Å². The second kappa shape index (κ2) is 5.60. The fourth-order valence-electron chi connectivity index (χ4n) is 0.551. The Kier molecular flexibility index (Phi) is 5.12. The largest absolute Gasteiger partial charge is 0.342 e. The molecule has 0 unspecified atom stereocenters. The molecule has 0 aliphatic heterocycles. The summed E-state index contributed by atoms with van der Waals surface area (Å²) in [6.07, 6.45) is 0.